The molecule has 2 aromatic rings. The van der Waals surface area contributed by atoms with Crippen molar-refractivity contribution in [1.82, 2.24) is 9.97 Å². The first-order chi connectivity index (χ1) is 9.81. The number of hydrogen-bond acceptors (Lipinski definition) is 4. The lowest BCUT2D eigenvalue weighted by Gasteiger charge is -2.18. The molecule has 1 aromatic carbocycles. The van der Waals surface area contributed by atoms with Crippen LogP contribution in [0.3, 0.4) is 0 Å². The summed E-state index contributed by atoms with van der Waals surface area (Å²) < 4.78 is 0. The summed E-state index contributed by atoms with van der Waals surface area (Å²) in [5, 5.41) is 0. The first-order valence-corrected chi connectivity index (χ1v) is 7.27. The minimum absolute atomic E-state index is 0.765. The highest BCUT2D eigenvalue weighted by molar-refractivity contribution is 5.60. The van der Waals surface area contributed by atoms with E-state index in [0.29, 0.717) is 0 Å². The van der Waals surface area contributed by atoms with Crippen molar-refractivity contribution in [2.75, 3.05) is 5.43 Å². The molecule has 1 aromatic heterocycles. The minimum Gasteiger partial charge on any atom is -0.308 e. The number of aromatic nitrogens is 2. The Balaban J connectivity index is 2.04. The second kappa shape index (κ2) is 5.59. The van der Waals surface area contributed by atoms with Crippen molar-refractivity contribution >= 4 is 5.82 Å². The number of rotatable bonds is 3. The summed E-state index contributed by atoms with van der Waals surface area (Å²) in [6, 6.07) is 8.44. The number of aryl methyl sites for hydroxylation is 2. The molecule has 0 spiro atoms. The Kier molecular flexibility index (Phi) is 3.65. The molecule has 4 nitrogen and oxygen atoms in total. The van der Waals surface area contributed by atoms with E-state index in [1.165, 1.54) is 24.0 Å². The largest absolute Gasteiger partial charge is 0.308 e. The zero-order valence-corrected chi connectivity index (χ0v) is 11.8. The fourth-order valence-corrected chi connectivity index (χ4v) is 2.73. The summed E-state index contributed by atoms with van der Waals surface area (Å²) in [6.45, 7) is 2.15. The number of fused-ring (bicyclic) bond motifs is 1. The van der Waals surface area contributed by atoms with Gasteiger partial charge in [-0.2, -0.15) is 0 Å². The number of nitrogens with one attached hydrogen (secondary N) is 1. The van der Waals surface area contributed by atoms with Gasteiger partial charge in [0.25, 0.3) is 0 Å². The average molecular weight is 268 g/mol. The van der Waals surface area contributed by atoms with Crippen LogP contribution < -0.4 is 11.3 Å². The first kappa shape index (κ1) is 13.1. The van der Waals surface area contributed by atoms with Crippen molar-refractivity contribution < 1.29 is 0 Å². The van der Waals surface area contributed by atoms with Gasteiger partial charge in [0.2, 0.25) is 0 Å². The van der Waals surface area contributed by atoms with Crippen molar-refractivity contribution in [3.05, 3.63) is 41.1 Å². The van der Waals surface area contributed by atoms with Gasteiger partial charge in [0, 0.05) is 16.8 Å². The predicted octanol–water partition coefficient (Wildman–Crippen LogP) is 2.87. The van der Waals surface area contributed by atoms with Gasteiger partial charge in [0.15, 0.2) is 5.82 Å². The van der Waals surface area contributed by atoms with Crippen LogP contribution in [0.5, 0.6) is 0 Å². The summed E-state index contributed by atoms with van der Waals surface area (Å²) >= 11 is 0. The lowest BCUT2D eigenvalue weighted by atomic mass is 9.96. The highest BCUT2D eigenvalue weighted by atomic mass is 15.3. The molecule has 104 valence electrons. The van der Waals surface area contributed by atoms with Crippen LogP contribution in [0.4, 0.5) is 5.82 Å². The Labute approximate surface area is 119 Å². The Morgan fingerprint density at radius 2 is 1.85 bits per heavy atom. The van der Waals surface area contributed by atoms with Gasteiger partial charge < -0.3 is 5.43 Å². The monoisotopic (exact) mass is 268 g/mol. The molecule has 20 heavy (non-hydrogen) atoms. The highest BCUT2D eigenvalue weighted by Crippen LogP contribution is 2.28. The summed E-state index contributed by atoms with van der Waals surface area (Å²) in [5.74, 6) is 7.17. The lowest BCUT2D eigenvalue weighted by molar-refractivity contribution is 0.665. The van der Waals surface area contributed by atoms with Crippen molar-refractivity contribution in [3.63, 3.8) is 0 Å². The fraction of sp³-hybridized carbons (Fsp3) is 0.375. The average Bonchev–Trinajstić information content (AvgIpc) is 2.54. The highest BCUT2D eigenvalue weighted by Gasteiger charge is 2.17. The van der Waals surface area contributed by atoms with E-state index < -0.39 is 0 Å². The molecular weight excluding hydrogens is 248 g/mol. The number of hydrogen-bond donors (Lipinski definition) is 2. The van der Waals surface area contributed by atoms with E-state index in [9.17, 15) is 0 Å². The number of anilines is 1. The van der Waals surface area contributed by atoms with Gasteiger partial charge in [0.1, 0.15) is 5.82 Å². The van der Waals surface area contributed by atoms with E-state index in [1.807, 2.05) is 0 Å². The van der Waals surface area contributed by atoms with Crippen molar-refractivity contribution in [1.29, 1.82) is 0 Å². The van der Waals surface area contributed by atoms with Gasteiger partial charge in [-0.25, -0.2) is 15.8 Å². The summed E-state index contributed by atoms with van der Waals surface area (Å²) in [5.41, 5.74) is 7.44. The number of nitrogens with two attached hydrogens (primary N) is 1. The summed E-state index contributed by atoms with van der Waals surface area (Å²) in [7, 11) is 0. The maximum Gasteiger partial charge on any atom is 0.161 e. The van der Waals surface area contributed by atoms with Gasteiger partial charge in [-0.3, -0.25) is 0 Å². The van der Waals surface area contributed by atoms with Crippen molar-refractivity contribution in [3.8, 4) is 11.4 Å². The van der Waals surface area contributed by atoms with Gasteiger partial charge in [-0.15, -0.1) is 0 Å². The fourth-order valence-electron chi connectivity index (χ4n) is 2.73. The maximum absolute atomic E-state index is 5.63. The van der Waals surface area contributed by atoms with E-state index in [1.54, 1.807) is 0 Å². The molecule has 0 aliphatic heterocycles. The summed E-state index contributed by atoms with van der Waals surface area (Å²) in [4.78, 5) is 9.32. The normalized spacial score (nSPS) is 13.9. The van der Waals surface area contributed by atoms with Crippen LogP contribution in [-0.2, 0) is 19.3 Å². The molecule has 0 saturated carbocycles. The number of nitrogen functional groups attached to an aromatic ring is 1. The van der Waals surface area contributed by atoms with Crippen LogP contribution in [0, 0.1) is 0 Å². The maximum atomic E-state index is 5.63. The Bertz CT molecular complexity index is 587. The molecule has 3 N–H and O–H groups in total. The van der Waals surface area contributed by atoms with Crippen molar-refractivity contribution in [2.45, 2.75) is 39.0 Å². The molecule has 1 aliphatic rings. The van der Waals surface area contributed by atoms with Crippen LogP contribution in [0.2, 0.25) is 0 Å². The zero-order valence-electron chi connectivity index (χ0n) is 11.8. The molecule has 0 radical (unpaired) electrons. The molecule has 0 fully saturated rings. The third-order valence-corrected chi connectivity index (χ3v) is 3.94. The van der Waals surface area contributed by atoms with E-state index in [-0.39, 0.29) is 0 Å². The second-order valence-corrected chi connectivity index (χ2v) is 5.22. The second-order valence-electron chi connectivity index (χ2n) is 5.22. The first-order valence-electron chi connectivity index (χ1n) is 7.27. The molecule has 0 saturated heterocycles. The van der Waals surface area contributed by atoms with E-state index in [4.69, 9.17) is 10.8 Å². The van der Waals surface area contributed by atoms with Crippen LogP contribution >= 0.6 is 0 Å². The molecule has 0 unspecified atom stereocenters. The van der Waals surface area contributed by atoms with E-state index >= 15 is 0 Å². The number of hydrazine groups is 1. The SMILES string of the molecule is CCc1ccc(-c2nc3c(c(NN)n2)CCCC3)cc1. The lowest BCUT2D eigenvalue weighted by Crippen LogP contribution is -2.17. The zero-order chi connectivity index (χ0) is 13.9. The van der Waals surface area contributed by atoms with E-state index in [0.717, 1.165) is 42.2 Å². The molecule has 1 heterocycles. The molecule has 4 heteroatoms. The third kappa shape index (κ3) is 2.39. The third-order valence-electron chi connectivity index (χ3n) is 3.94. The summed E-state index contributed by atoms with van der Waals surface area (Å²) in [6.07, 6.45) is 5.47. The van der Waals surface area contributed by atoms with E-state index in [2.05, 4.69) is 41.6 Å². The Morgan fingerprint density at radius 3 is 2.55 bits per heavy atom. The van der Waals surface area contributed by atoms with Gasteiger partial charge in [0.05, 0.1) is 0 Å². The standard InChI is InChI=1S/C16H20N4/c1-2-11-7-9-12(10-8-11)15-18-14-6-4-3-5-13(14)16(19-15)20-17/h7-10H,2-6,17H2,1H3,(H,18,19,20). The number of benzene rings is 1. The molecule has 0 bridgehead atoms. The quantitative estimate of drug-likeness (QED) is 0.663. The Hall–Kier alpha value is -1.94. The van der Waals surface area contributed by atoms with Gasteiger partial charge in [-0.1, -0.05) is 31.2 Å². The van der Waals surface area contributed by atoms with Gasteiger partial charge in [-0.05, 0) is 37.7 Å². The molecular formula is C16H20N4. The van der Waals surface area contributed by atoms with Gasteiger partial charge >= 0.3 is 0 Å². The number of nitrogens with zero attached hydrogens (tertiary/aromatic N) is 2. The molecule has 0 amide bonds. The van der Waals surface area contributed by atoms with Crippen LogP contribution in [0.1, 0.15) is 36.6 Å². The van der Waals surface area contributed by atoms with Crippen molar-refractivity contribution in [2.24, 2.45) is 5.84 Å². The topological polar surface area (TPSA) is 63.8 Å². The Morgan fingerprint density at radius 1 is 1.10 bits per heavy atom. The smallest absolute Gasteiger partial charge is 0.161 e. The molecule has 0 atom stereocenters. The predicted molar refractivity (Wildman–Crippen MR) is 81.3 cm³/mol. The molecule has 3 rings (SSSR count). The van der Waals surface area contributed by atoms with Crippen LogP contribution in [-0.4, -0.2) is 9.97 Å². The minimum atomic E-state index is 0.765. The molecule has 1 aliphatic carbocycles. The van der Waals surface area contributed by atoms with Crippen LogP contribution in [0.25, 0.3) is 11.4 Å². The van der Waals surface area contributed by atoms with Crippen LogP contribution in [0.15, 0.2) is 24.3 Å².